The minimum Gasteiger partial charge on any atom is -0.508 e. The smallest absolute Gasteiger partial charge is 0.417 e. The highest BCUT2D eigenvalue weighted by Crippen LogP contribution is 2.54. The Balaban J connectivity index is 1.68. The summed E-state index contributed by atoms with van der Waals surface area (Å²) in [5.74, 6) is -9.15. The van der Waals surface area contributed by atoms with Crippen molar-refractivity contribution in [2.45, 2.75) is 56.6 Å². The van der Waals surface area contributed by atoms with Crippen molar-refractivity contribution in [1.82, 2.24) is 9.80 Å². The monoisotopic (exact) mass is 643 g/mol. The summed E-state index contributed by atoms with van der Waals surface area (Å²) in [5.41, 5.74) is -1.31. The summed E-state index contributed by atoms with van der Waals surface area (Å²) in [4.78, 5) is 42.4. The molecule has 0 radical (unpaired) electrons. The van der Waals surface area contributed by atoms with E-state index < -0.39 is 104 Å². The van der Waals surface area contributed by atoms with Gasteiger partial charge in [0.05, 0.1) is 17.2 Å². The number of amides is 1. The molecule has 46 heavy (non-hydrogen) atoms. The molecule has 0 aliphatic heterocycles. The Labute approximate surface area is 263 Å². The lowest BCUT2D eigenvalue weighted by Crippen LogP contribution is -2.65. The molecule has 3 aliphatic carbocycles. The second-order valence-corrected chi connectivity index (χ2v) is 13.0. The zero-order valence-electron chi connectivity index (χ0n) is 25.9. The highest BCUT2D eigenvalue weighted by Gasteiger charge is 2.64. The van der Waals surface area contributed by atoms with Crippen LogP contribution in [0.2, 0.25) is 0 Å². The first-order valence-electron chi connectivity index (χ1n) is 14.6. The summed E-state index contributed by atoms with van der Waals surface area (Å²) in [7, 11) is 4.53. The molecule has 0 saturated heterocycles. The van der Waals surface area contributed by atoms with E-state index in [-0.39, 0.29) is 18.5 Å². The average molecular weight is 644 g/mol. The number of likely N-dealkylation sites (N-methyl/N-ethyl adjacent to an activating group) is 1. The molecular formula is C33H36F3N3O7. The van der Waals surface area contributed by atoms with Crippen LogP contribution < -0.4 is 5.73 Å². The maximum absolute atomic E-state index is 14.9. The van der Waals surface area contributed by atoms with Crippen LogP contribution in [0.1, 0.15) is 48.1 Å². The van der Waals surface area contributed by atoms with Crippen LogP contribution in [0.5, 0.6) is 5.75 Å². The fourth-order valence-corrected chi connectivity index (χ4v) is 7.38. The van der Waals surface area contributed by atoms with Crippen molar-refractivity contribution in [2.75, 3.05) is 21.1 Å². The summed E-state index contributed by atoms with van der Waals surface area (Å²) in [6, 6.07) is 8.73. The molecule has 2 aromatic carbocycles. The van der Waals surface area contributed by atoms with Crippen LogP contribution in [0.25, 0.3) is 5.76 Å². The summed E-state index contributed by atoms with van der Waals surface area (Å²) in [6.07, 6.45) is -5.74. The van der Waals surface area contributed by atoms with Gasteiger partial charge in [-0.25, -0.2) is 0 Å². The molecule has 1 saturated carbocycles. The number of nitrogens with two attached hydrogens (primary N) is 1. The molecule has 0 aromatic heterocycles. The lowest BCUT2D eigenvalue weighted by Gasteiger charge is -2.50. The van der Waals surface area contributed by atoms with E-state index in [9.17, 15) is 48.0 Å². The van der Waals surface area contributed by atoms with Gasteiger partial charge >= 0.3 is 6.18 Å². The molecule has 2 aromatic rings. The number of phenolic OH excluding ortho intramolecular Hbond substituents is 1. The highest BCUT2D eigenvalue weighted by atomic mass is 19.4. The van der Waals surface area contributed by atoms with Crippen molar-refractivity contribution in [3.63, 3.8) is 0 Å². The molecule has 1 amide bonds. The lowest BCUT2D eigenvalue weighted by molar-refractivity contribution is -0.153. The number of phenols is 1. The molecule has 10 nitrogen and oxygen atoms in total. The molecular weight excluding hydrogens is 607 g/mol. The van der Waals surface area contributed by atoms with Crippen LogP contribution in [0, 0.1) is 11.8 Å². The molecule has 6 N–H and O–H groups in total. The van der Waals surface area contributed by atoms with Gasteiger partial charge in [-0.1, -0.05) is 30.3 Å². The molecule has 13 heteroatoms. The van der Waals surface area contributed by atoms with Crippen molar-refractivity contribution in [3.05, 3.63) is 81.1 Å². The van der Waals surface area contributed by atoms with Crippen LogP contribution >= 0.6 is 0 Å². The topological polar surface area (TPSA) is 165 Å². The quantitative estimate of drug-likeness (QED) is 0.297. The van der Waals surface area contributed by atoms with E-state index in [2.05, 4.69) is 0 Å². The molecule has 3 aliphatic rings. The molecule has 0 bridgehead atoms. The number of hydrogen-bond donors (Lipinski definition) is 5. The maximum atomic E-state index is 14.9. The Morgan fingerprint density at radius 1 is 1.07 bits per heavy atom. The van der Waals surface area contributed by atoms with Crippen molar-refractivity contribution >= 4 is 23.2 Å². The minimum absolute atomic E-state index is 0.243. The van der Waals surface area contributed by atoms with Gasteiger partial charge in [0.1, 0.15) is 22.8 Å². The van der Waals surface area contributed by atoms with Crippen molar-refractivity contribution in [1.29, 1.82) is 0 Å². The number of carbonyl (C=O) groups is 3. The third-order valence-corrected chi connectivity index (χ3v) is 9.93. The van der Waals surface area contributed by atoms with Gasteiger partial charge in [-0.15, -0.1) is 0 Å². The van der Waals surface area contributed by atoms with Crippen molar-refractivity contribution in [3.8, 4) is 5.75 Å². The largest absolute Gasteiger partial charge is 0.508 e. The number of primary amides is 1. The number of hydrogen-bond acceptors (Lipinski definition) is 9. The lowest BCUT2D eigenvalue weighted by atomic mass is 9.57. The zero-order valence-corrected chi connectivity index (χ0v) is 25.9. The normalized spacial score (nSPS) is 25.2. The number of halogens is 3. The van der Waals surface area contributed by atoms with Crippen LogP contribution in [-0.4, -0.2) is 80.5 Å². The summed E-state index contributed by atoms with van der Waals surface area (Å²) in [5, 5.41) is 45.1. The van der Waals surface area contributed by atoms with E-state index in [1.807, 2.05) is 44.2 Å². The van der Waals surface area contributed by atoms with Crippen LogP contribution in [-0.2, 0) is 39.1 Å². The first-order valence-corrected chi connectivity index (χ1v) is 14.6. The van der Waals surface area contributed by atoms with Gasteiger partial charge in [0, 0.05) is 23.6 Å². The van der Waals surface area contributed by atoms with Crippen molar-refractivity contribution < 1.29 is 48.0 Å². The molecule has 0 unspecified atom stereocenters. The summed E-state index contributed by atoms with van der Waals surface area (Å²) >= 11 is 0. The number of nitrogens with zero attached hydrogens (tertiary/aromatic N) is 2. The number of Topliss-reactive ketones (excluding diaryl/α,β-unsaturated/α-hetero) is 2. The summed E-state index contributed by atoms with van der Waals surface area (Å²) < 4.78 is 44.8. The number of aliphatic hydroxyl groups excluding tert-OH is 2. The number of fused-ring (bicyclic) bond motifs is 3. The fraction of sp³-hybridized carbons (Fsp3) is 0.424. The Morgan fingerprint density at radius 3 is 2.22 bits per heavy atom. The fourth-order valence-electron chi connectivity index (χ4n) is 7.38. The van der Waals surface area contributed by atoms with E-state index in [0.717, 1.165) is 11.6 Å². The Bertz CT molecular complexity index is 1710. The number of benzene rings is 2. The SMILES string of the molecule is CN(C)[C@@H]1C(=O)C(C(N)=O)=C(O)[C@@]2(O)C(=O)C3=C(O)c4c(O)cc(CN(C)C(C)(C)c5ccccc5)c(C(F)(F)F)c4C[C@H]3C[C@@H]12. The molecule has 1 fully saturated rings. The van der Waals surface area contributed by atoms with Crippen molar-refractivity contribution in [2.24, 2.45) is 17.6 Å². The van der Waals surface area contributed by atoms with Crippen LogP contribution in [0.3, 0.4) is 0 Å². The Kier molecular flexibility index (Phi) is 7.90. The van der Waals surface area contributed by atoms with Gasteiger partial charge in [-0.2, -0.15) is 13.2 Å². The second kappa shape index (κ2) is 11.0. The van der Waals surface area contributed by atoms with Gasteiger partial charge in [-0.3, -0.25) is 24.2 Å². The second-order valence-electron chi connectivity index (χ2n) is 13.0. The third-order valence-electron chi connectivity index (χ3n) is 9.93. The van der Waals surface area contributed by atoms with E-state index in [1.165, 1.54) is 19.0 Å². The molecule has 0 heterocycles. The average Bonchev–Trinajstić information content (AvgIpc) is 2.94. The highest BCUT2D eigenvalue weighted by molar-refractivity contribution is 6.24. The maximum Gasteiger partial charge on any atom is 0.417 e. The van der Waals surface area contributed by atoms with E-state index in [0.29, 0.717) is 0 Å². The number of aromatic hydroxyl groups is 1. The first-order chi connectivity index (χ1) is 21.3. The third kappa shape index (κ3) is 4.79. The van der Waals surface area contributed by atoms with Gasteiger partial charge in [0.25, 0.3) is 5.91 Å². The molecule has 246 valence electrons. The molecule has 4 atom stereocenters. The number of rotatable bonds is 6. The van der Waals surface area contributed by atoms with E-state index in [4.69, 9.17) is 5.73 Å². The van der Waals surface area contributed by atoms with Crippen LogP contribution in [0.4, 0.5) is 13.2 Å². The van der Waals surface area contributed by atoms with E-state index in [1.54, 1.807) is 11.9 Å². The Morgan fingerprint density at radius 2 is 1.67 bits per heavy atom. The first kappa shape index (κ1) is 33.2. The number of alkyl halides is 3. The summed E-state index contributed by atoms with van der Waals surface area (Å²) in [6.45, 7) is 3.46. The molecule has 0 spiro atoms. The van der Waals surface area contributed by atoms with Gasteiger partial charge < -0.3 is 26.2 Å². The van der Waals surface area contributed by atoms with E-state index >= 15 is 0 Å². The zero-order chi connectivity index (χ0) is 34.3. The predicted octanol–water partition coefficient (Wildman–Crippen LogP) is 3.35. The van der Waals surface area contributed by atoms with Gasteiger partial charge in [0.15, 0.2) is 11.4 Å². The van der Waals surface area contributed by atoms with Gasteiger partial charge in [-0.05, 0) is 76.5 Å². The standard InChI is InChI=1S/C33H36F3N3O7/c1-31(2,17-9-7-6-8-10-17)39(5)14-16-13-20(40)22-18(24(16)33(34,35)36)11-15-12-19-25(38(3)4)27(42)23(30(37)45)29(44)32(19,46)28(43)21(15)26(22)41/h6-10,13,15,19,25,40-41,44,46H,11-12,14H2,1-5H3,(H2,37,45)/t15-,19-,25-,32-/m0/s1. The minimum atomic E-state index is -4.94. The molecule has 5 rings (SSSR count). The number of carbonyl (C=O) groups excluding carboxylic acids is 3. The number of ketones is 2. The predicted molar refractivity (Wildman–Crippen MR) is 160 cm³/mol. The van der Waals surface area contributed by atoms with Gasteiger partial charge in [0.2, 0.25) is 5.78 Å². The Hall–Kier alpha value is -4.20. The number of aliphatic hydroxyl groups is 3. The van der Waals surface area contributed by atoms with Crippen LogP contribution in [0.15, 0.2) is 53.3 Å².